The van der Waals surface area contributed by atoms with Crippen LogP contribution in [0.5, 0.6) is 0 Å². The first-order chi connectivity index (χ1) is 17.4. The molecule has 184 valence electrons. The van der Waals surface area contributed by atoms with Crippen molar-refractivity contribution in [3.05, 3.63) is 138 Å². The lowest BCUT2D eigenvalue weighted by molar-refractivity contribution is -0.137. The summed E-state index contributed by atoms with van der Waals surface area (Å²) in [6.45, 7) is 0.598. The Bertz CT molecular complexity index is 1190. The molecule has 0 aliphatic carbocycles. The summed E-state index contributed by atoms with van der Waals surface area (Å²) in [4.78, 5) is 14.9. The molecule has 4 aromatic rings. The molecule has 3 nitrogen and oxygen atoms in total. The Morgan fingerprint density at radius 1 is 0.722 bits per heavy atom. The van der Waals surface area contributed by atoms with Crippen molar-refractivity contribution in [1.82, 2.24) is 4.90 Å². The number of carbonyl (C=O) groups is 1. The Kier molecular flexibility index (Phi) is 8.06. The van der Waals surface area contributed by atoms with E-state index in [1.807, 2.05) is 54.6 Å². The maximum absolute atomic E-state index is 13.3. The van der Waals surface area contributed by atoms with Crippen molar-refractivity contribution >= 4 is 11.7 Å². The molecule has 0 saturated heterocycles. The van der Waals surface area contributed by atoms with Crippen molar-refractivity contribution in [2.75, 3.05) is 11.9 Å². The number of benzene rings is 4. The number of hydrogen-bond acceptors (Lipinski definition) is 1. The Hall–Kier alpha value is -4.06. The van der Waals surface area contributed by atoms with Gasteiger partial charge in [-0.25, -0.2) is 4.79 Å². The van der Waals surface area contributed by atoms with Gasteiger partial charge in [0.2, 0.25) is 0 Å². The number of nitrogens with zero attached hydrogens (tertiary/aromatic N) is 1. The van der Waals surface area contributed by atoms with E-state index in [0.717, 1.165) is 23.3 Å². The molecule has 0 aliphatic heterocycles. The maximum Gasteiger partial charge on any atom is 0.416 e. The van der Waals surface area contributed by atoms with Gasteiger partial charge in [0.15, 0.2) is 0 Å². The Labute approximate surface area is 209 Å². The van der Waals surface area contributed by atoms with Gasteiger partial charge in [-0.2, -0.15) is 13.2 Å². The molecule has 0 heterocycles. The van der Waals surface area contributed by atoms with Crippen LogP contribution in [-0.4, -0.2) is 17.5 Å². The Morgan fingerprint density at radius 3 is 1.72 bits per heavy atom. The summed E-state index contributed by atoms with van der Waals surface area (Å²) in [5.41, 5.74) is 2.85. The maximum atomic E-state index is 13.3. The number of urea groups is 1. The van der Waals surface area contributed by atoms with Crippen molar-refractivity contribution < 1.29 is 18.0 Å². The Balaban J connectivity index is 1.56. The van der Waals surface area contributed by atoms with Crippen LogP contribution in [0.2, 0.25) is 0 Å². The molecule has 0 aromatic heterocycles. The quantitative estimate of drug-likeness (QED) is 0.268. The summed E-state index contributed by atoms with van der Waals surface area (Å²) in [5.74, 6) is 0.0621. The van der Waals surface area contributed by atoms with Gasteiger partial charge in [0.05, 0.1) is 5.56 Å². The van der Waals surface area contributed by atoms with Gasteiger partial charge in [0.25, 0.3) is 0 Å². The monoisotopic (exact) mass is 488 g/mol. The molecule has 0 aliphatic rings. The van der Waals surface area contributed by atoms with Crippen LogP contribution in [0.3, 0.4) is 0 Å². The summed E-state index contributed by atoms with van der Waals surface area (Å²) < 4.78 is 39.0. The lowest BCUT2D eigenvalue weighted by atomic mass is 9.88. The van der Waals surface area contributed by atoms with Crippen LogP contribution >= 0.6 is 0 Å². The van der Waals surface area contributed by atoms with Gasteiger partial charge in [-0.1, -0.05) is 91.0 Å². The molecule has 0 saturated carbocycles. The normalized spacial score (nSPS) is 11.3. The fraction of sp³-hybridized carbons (Fsp3) is 0.167. The zero-order valence-corrected chi connectivity index (χ0v) is 19.7. The minimum atomic E-state index is -4.40. The zero-order chi connectivity index (χ0) is 25.4. The number of carbonyl (C=O) groups excluding carboxylic acids is 1. The van der Waals surface area contributed by atoms with E-state index >= 15 is 0 Å². The number of anilines is 1. The molecule has 0 bridgehead atoms. The van der Waals surface area contributed by atoms with Gasteiger partial charge in [-0.3, -0.25) is 0 Å². The van der Waals surface area contributed by atoms with E-state index in [4.69, 9.17) is 0 Å². The molecule has 36 heavy (non-hydrogen) atoms. The predicted molar refractivity (Wildman–Crippen MR) is 137 cm³/mol. The average molecular weight is 489 g/mol. The molecule has 6 heteroatoms. The van der Waals surface area contributed by atoms with E-state index in [-0.39, 0.29) is 18.5 Å². The van der Waals surface area contributed by atoms with Crippen LogP contribution in [0, 0.1) is 0 Å². The number of amides is 2. The summed E-state index contributed by atoms with van der Waals surface area (Å²) in [6.07, 6.45) is -3.75. The molecule has 2 amide bonds. The highest BCUT2D eigenvalue weighted by Crippen LogP contribution is 2.30. The summed E-state index contributed by atoms with van der Waals surface area (Å²) in [5, 5.41) is 2.91. The molecule has 1 N–H and O–H groups in total. The first-order valence-electron chi connectivity index (χ1n) is 11.8. The second kappa shape index (κ2) is 11.6. The molecule has 0 radical (unpaired) electrons. The van der Waals surface area contributed by atoms with Crippen LogP contribution in [-0.2, 0) is 12.7 Å². The molecule has 0 spiro atoms. The van der Waals surface area contributed by atoms with E-state index in [9.17, 15) is 18.0 Å². The fourth-order valence-corrected chi connectivity index (χ4v) is 4.18. The smallest absolute Gasteiger partial charge is 0.320 e. The Morgan fingerprint density at radius 2 is 1.22 bits per heavy atom. The number of alkyl halides is 3. The van der Waals surface area contributed by atoms with Gasteiger partial charge >= 0.3 is 12.2 Å². The molecular weight excluding hydrogens is 461 g/mol. The van der Waals surface area contributed by atoms with Crippen LogP contribution in [0.4, 0.5) is 23.7 Å². The zero-order valence-electron chi connectivity index (χ0n) is 19.7. The largest absolute Gasteiger partial charge is 0.416 e. The van der Waals surface area contributed by atoms with Crippen molar-refractivity contribution in [2.45, 2.75) is 25.1 Å². The van der Waals surface area contributed by atoms with E-state index in [1.165, 1.54) is 12.1 Å². The number of nitrogens with one attached hydrogen (secondary N) is 1. The predicted octanol–water partition coefficient (Wildman–Crippen LogP) is 7.96. The molecule has 4 rings (SSSR count). The number of para-hydroxylation sites is 1. The topological polar surface area (TPSA) is 32.3 Å². The van der Waals surface area contributed by atoms with Crippen LogP contribution < -0.4 is 5.32 Å². The van der Waals surface area contributed by atoms with E-state index < -0.39 is 11.7 Å². The highest BCUT2D eigenvalue weighted by atomic mass is 19.4. The molecule has 0 atom stereocenters. The van der Waals surface area contributed by atoms with E-state index in [1.54, 1.807) is 17.0 Å². The first-order valence-corrected chi connectivity index (χ1v) is 11.8. The standard InChI is InChI=1S/C30H27F3N2O/c31-30(32,33)26-18-16-23(17-19-26)22-35(29(36)34-27-14-8-3-9-15-27)21-20-28(24-10-4-1-5-11-24)25-12-6-2-7-13-25/h1-19,28H,20-22H2,(H,34,36). The summed E-state index contributed by atoms with van der Waals surface area (Å²) in [7, 11) is 0. The third kappa shape index (κ3) is 6.75. The van der Waals surface area contributed by atoms with Crippen LogP contribution in [0.1, 0.15) is 34.6 Å². The SMILES string of the molecule is O=C(Nc1ccccc1)N(CCC(c1ccccc1)c1ccccc1)Cc1ccc(C(F)(F)F)cc1. The van der Waals surface area contributed by atoms with Gasteiger partial charge < -0.3 is 10.2 Å². The van der Waals surface area contributed by atoms with E-state index in [2.05, 4.69) is 29.6 Å². The van der Waals surface area contributed by atoms with Gasteiger partial charge in [0, 0.05) is 24.7 Å². The van der Waals surface area contributed by atoms with Crippen molar-refractivity contribution in [3.8, 4) is 0 Å². The second-order valence-corrected chi connectivity index (χ2v) is 8.58. The molecule has 0 unspecified atom stereocenters. The average Bonchev–Trinajstić information content (AvgIpc) is 2.90. The lowest BCUT2D eigenvalue weighted by Crippen LogP contribution is -2.36. The minimum absolute atomic E-state index is 0.0621. The van der Waals surface area contributed by atoms with Crippen molar-refractivity contribution in [1.29, 1.82) is 0 Å². The summed E-state index contributed by atoms with van der Waals surface area (Å²) in [6, 6.07) is 34.0. The van der Waals surface area contributed by atoms with E-state index in [0.29, 0.717) is 24.2 Å². The first kappa shape index (κ1) is 25.0. The molecular formula is C30H27F3N2O. The fourth-order valence-electron chi connectivity index (χ4n) is 4.18. The second-order valence-electron chi connectivity index (χ2n) is 8.58. The van der Waals surface area contributed by atoms with Crippen LogP contribution in [0.25, 0.3) is 0 Å². The highest BCUT2D eigenvalue weighted by Gasteiger charge is 2.30. The number of hydrogen-bond donors (Lipinski definition) is 1. The summed E-state index contributed by atoms with van der Waals surface area (Å²) >= 11 is 0. The molecule has 0 fully saturated rings. The van der Waals surface area contributed by atoms with Crippen molar-refractivity contribution in [3.63, 3.8) is 0 Å². The van der Waals surface area contributed by atoms with Gasteiger partial charge in [-0.15, -0.1) is 0 Å². The third-order valence-corrected chi connectivity index (χ3v) is 6.06. The minimum Gasteiger partial charge on any atom is -0.320 e. The number of halogens is 3. The van der Waals surface area contributed by atoms with Crippen LogP contribution in [0.15, 0.2) is 115 Å². The third-order valence-electron chi connectivity index (χ3n) is 6.06. The molecule has 4 aromatic carbocycles. The number of rotatable bonds is 8. The highest BCUT2D eigenvalue weighted by molar-refractivity contribution is 5.89. The lowest BCUT2D eigenvalue weighted by Gasteiger charge is -2.26. The van der Waals surface area contributed by atoms with Gasteiger partial charge in [0.1, 0.15) is 0 Å². The van der Waals surface area contributed by atoms with Crippen molar-refractivity contribution in [2.24, 2.45) is 0 Å². The van der Waals surface area contributed by atoms with Gasteiger partial charge in [-0.05, 0) is 47.4 Å².